The van der Waals surface area contributed by atoms with Gasteiger partial charge in [0, 0.05) is 12.1 Å². The number of aromatic hydroxyl groups is 1. The predicted molar refractivity (Wildman–Crippen MR) is 70.4 cm³/mol. The first-order valence-electron chi connectivity index (χ1n) is 6.63. The van der Waals surface area contributed by atoms with E-state index < -0.39 is 11.7 Å². The quantitative estimate of drug-likeness (QED) is 0.716. The third kappa shape index (κ3) is 3.23. The number of nitrogens with two attached hydrogens (primary N) is 1. The molecule has 4 N–H and O–H groups in total. The predicted octanol–water partition coefficient (Wildman–Crippen LogP) is 1.92. The number of hydrogen-bond donors (Lipinski definition) is 3. The summed E-state index contributed by atoms with van der Waals surface area (Å²) in [5, 5.41) is 12.3. The van der Waals surface area contributed by atoms with Gasteiger partial charge in [-0.15, -0.1) is 0 Å². The molecule has 5 heteroatoms. The maximum absolute atomic E-state index is 13.6. The van der Waals surface area contributed by atoms with E-state index in [1.807, 2.05) is 0 Å². The molecule has 0 heterocycles. The lowest BCUT2D eigenvalue weighted by molar-refractivity contribution is 0.0922. The summed E-state index contributed by atoms with van der Waals surface area (Å²) in [6, 6.07) is 3.54. The Balaban J connectivity index is 2.12. The highest BCUT2D eigenvalue weighted by Crippen LogP contribution is 2.21. The molecule has 0 bridgehead atoms. The van der Waals surface area contributed by atoms with E-state index in [2.05, 4.69) is 5.32 Å². The van der Waals surface area contributed by atoms with Gasteiger partial charge in [0.2, 0.25) is 0 Å². The second-order valence-corrected chi connectivity index (χ2v) is 5.02. The van der Waals surface area contributed by atoms with Gasteiger partial charge in [-0.1, -0.05) is 25.3 Å². The largest absolute Gasteiger partial charge is 0.507 e. The third-order valence-electron chi connectivity index (χ3n) is 3.60. The van der Waals surface area contributed by atoms with Gasteiger partial charge in [-0.05, 0) is 25.0 Å². The van der Waals surface area contributed by atoms with Crippen molar-refractivity contribution in [3.05, 3.63) is 29.6 Å². The van der Waals surface area contributed by atoms with Gasteiger partial charge in [-0.25, -0.2) is 4.39 Å². The van der Waals surface area contributed by atoms with Gasteiger partial charge in [0.25, 0.3) is 5.91 Å². The third-order valence-corrected chi connectivity index (χ3v) is 3.60. The SMILES string of the molecule is NC1CCCCCC1NC(=O)c1c(O)cccc1F. The van der Waals surface area contributed by atoms with Crippen LogP contribution in [0.25, 0.3) is 0 Å². The number of rotatable bonds is 2. The molecule has 0 saturated heterocycles. The van der Waals surface area contributed by atoms with Crippen LogP contribution in [-0.4, -0.2) is 23.1 Å². The second kappa shape index (κ2) is 6.02. The van der Waals surface area contributed by atoms with E-state index >= 15 is 0 Å². The molecule has 0 aliphatic heterocycles. The van der Waals surface area contributed by atoms with Crippen molar-refractivity contribution in [2.75, 3.05) is 0 Å². The Morgan fingerprint density at radius 2 is 2.05 bits per heavy atom. The van der Waals surface area contributed by atoms with Crippen LogP contribution in [0.3, 0.4) is 0 Å². The molecular formula is C14H19FN2O2. The lowest BCUT2D eigenvalue weighted by Crippen LogP contribution is -2.47. The first kappa shape index (κ1) is 13.8. The van der Waals surface area contributed by atoms with Gasteiger partial charge in [0.1, 0.15) is 17.1 Å². The number of phenolic OH excluding ortho intramolecular Hbond substituents is 1. The molecule has 4 nitrogen and oxygen atoms in total. The Kier molecular flexibility index (Phi) is 4.37. The number of amides is 1. The topological polar surface area (TPSA) is 75.3 Å². The van der Waals surface area contributed by atoms with Gasteiger partial charge in [0.15, 0.2) is 0 Å². The van der Waals surface area contributed by atoms with E-state index in [4.69, 9.17) is 5.73 Å². The first-order valence-corrected chi connectivity index (χ1v) is 6.63. The summed E-state index contributed by atoms with van der Waals surface area (Å²) >= 11 is 0. The molecule has 2 unspecified atom stereocenters. The average Bonchev–Trinajstić information content (AvgIpc) is 2.55. The fourth-order valence-electron chi connectivity index (χ4n) is 2.49. The minimum atomic E-state index is -0.723. The number of nitrogens with one attached hydrogen (secondary N) is 1. The number of carbonyl (C=O) groups is 1. The summed E-state index contributed by atoms with van der Waals surface area (Å²) < 4.78 is 13.6. The van der Waals surface area contributed by atoms with Gasteiger partial charge < -0.3 is 16.2 Å². The molecule has 1 aliphatic carbocycles. The molecular weight excluding hydrogens is 247 g/mol. The molecule has 19 heavy (non-hydrogen) atoms. The van der Waals surface area contributed by atoms with Crippen LogP contribution in [-0.2, 0) is 0 Å². The standard InChI is InChI=1S/C14H19FN2O2/c15-9-5-4-8-12(18)13(9)14(19)17-11-7-3-1-2-6-10(11)16/h4-5,8,10-11,18H,1-3,6-7,16H2,(H,17,19). The summed E-state index contributed by atoms with van der Waals surface area (Å²) in [6.45, 7) is 0. The van der Waals surface area contributed by atoms with Gasteiger partial charge in [-0.2, -0.15) is 0 Å². The molecule has 104 valence electrons. The van der Waals surface area contributed by atoms with E-state index in [9.17, 15) is 14.3 Å². The number of hydrogen-bond acceptors (Lipinski definition) is 3. The van der Waals surface area contributed by atoms with Crippen LogP contribution in [0.15, 0.2) is 18.2 Å². The Bertz CT molecular complexity index is 445. The monoisotopic (exact) mass is 266 g/mol. The lowest BCUT2D eigenvalue weighted by Gasteiger charge is -2.23. The molecule has 2 rings (SSSR count). The van der Waals surface area contributed by atoms with E-state index in [1.165, 1.54) is 12.1 Å². The van der Waals surface area contributed by atoms with Gasteiger partial charge in [0.05, 0.1) is 0 Å². The summed E-state index contributed by atoms with van der Waals surface area (Å²) in [5.41, 5.74) is 5.70. The van der Waals surface area contributed by atoms with Crippen molar-refractivity contribution in [2.45, 2.75) is 44.2 Å². The van der Waals surface area contributed by atoms with E-state index in [1.54, 1.807) is 0 Å². The summed E-state index contributed by atoms with van der Waals surface area (Å²) in [7, 11) is 0. The second-order valence-electron chi connectivity index (χ2n) is 5.02. The van der Waals surface area contributed by atoms with Crippen molar-refractivity contribution >= 4 is 5.91 Å². The number of benzene rings is 1. The Hall–Kier alpha value is -1.62. The molecule has 1 saturated carbocycles. The zero-order valence-electron chi connectivity index (χ0n) is 10.7. The molecule has 0 aromatic heterocycles. The fraction of sp³-hybridized carbons (Fsp3) is 0.500. The number of carbonyl (C=O) groups excluding carboxylic acids is 1. The van der Waals surface area contributed by atoms with Crippen LogP contribution in [0, 0.1) is 5.82 Å². The highest BCUT2D eigenvalue weighted by atomic mass is 19.1. The Morgan fingerprint density at radius 3 is 2.79 bits per heavy atom. The molecule has 0 spiro atoms. The number of halogens is 1. The van der Waals surface area contributed by atoms with Crippen LogP contribution in [0.2, 0.25) is 0 Å². The number of phenols is 1. The van der Waals surface area contributed by atoms with Crippen LogP contribution in [0.5, 0.6) is 5.75 Å². The van der Waals surface area contributed by atoms with E-state index in [-0.39, 0.29) is 23.4 Å². The molecule has 1 aliphatic rings. The van der Waals surface area contributed by atoms with Crippen LogP contribution in [0.1, 0.15) is 42.5 Å². The highest BCUT2D eigenvalue weighted by molar-refractivity contribution is 5.97. The molecule has 1 amide bonds. The minimum absolute atomic E-state index is 0.111. The van der Waals surface area contributed by atoms with Crippen molar-refractivity contribution in [1.82, 2.24) is 5.32 Å². The smallest absolute Gasteiger partial charge is 0.258 e. The molecule has 0 radical (unpaired) electrons. The van der Waals surface area contributed by atoms with Crippen molar-refractivity contribution in [2.24, 2.45) is 5.73 Å². The van der Waals surface area contributed by atoms with Crippen LogP contribution in [0.4, 0.5) is 4.39 Å². The zero-order chi connectivity index (χ0) is 13.8. The van der Waals surface area contributed by atoms with Crippen molar-refractivity contribution in [1.29, 1.82) is 0 Å². The fourth-order valence-corrected chi connectivity index (χ4v) is 2.49. The Morgan fingerprint density at radius 1 is 1.32 bits per heavy atom. The molecule has 1 aromatic carbocycles. The molecule has 1 fully saturated rings. The lowest BCUT2D eigenvalue weighted by atomic mass is 10.0. The van der Waals surface area contributed by atoms with Crippen molar-refractivity contribution < 1.29 is 14.3 Å². The van der Waals surface area contributed by atoms with Gasteiger partial charge in [-0.3, -0.25) is 4.79 Å². The van der Waals surface area contributed by atoms with E-state index in [0.717, 1.165) is 38.2 Å². The average molecular weight is 266 g/mol. The maximum atomic E-state index is 13.6. The normalized spacial score (nSPS) is 23.7. The van der Waals surface area contributed by atoms with E-state index in [0.29, 0.717) is 0 Å². The zero-order valence-corrected chi connectivity index (χ0v) is 10.7. The minimum Gasteiger partial charge on any atom is -0.507 e. The van der Waals surface area contributed by atoms with Gasteiger partial charge >= 0.3 is 0 Å². The van der Waals surface area contributed by atoms with Crippen LogP contribution >= 0.6 is 0 Å². The van der Waals surface area contributed by atoms with Crippen molar-refractivity contribution in [3.8, 4) is 5.75 Å². The molecule has 1 aromatic rings. The highest BCUT2D eigenvalue weighted by Gasteiger charge is 2.25. The summed E-state index contributed by atoms with van der Waals surface area (Å²) in [6.07, 6.45) is 4.81. The Labute approximate surface area is 111 Å². The first-order chi connectivity index (χ1) is 9.09. The maximum Gasteiger partial charge on any atom is 0.258 e. The summed E-state index contributed by atoms with van der Waals surface area (Å²) in [4.78, 5) is 12.0. The van der Waals surface area contributed by atoms with Crippen LogP contribution < -0.4 is 11.1 Å². The van der Waals surface area contributed by atoms with Crippen molar-refractivity contribution in [3.63, 3.8) is 0 Å². The molecule has 2 atom stereocenters. The summed E-state index contributed by atoms with van der Waals surface area (Å²) in [5.74, 6) is -1.67.